The number of benzene rings is 2. The average Bonchev–Trinajstić information content (AvgIpc) is 2.56. The van der Waals surface area contributed by atoms with E-state index in [0.717, 1.165) is 5.56 Å². The van der Waals surface area contributed by atoms with E-state index < -0.39 is 0 Å². The molecule has 22 heavy (non-hydrogen) atoms. The van der Waals surface area contributed by atoms with Crippen LogP contribution in [0.4, 0.5) is 0 Å². The summed E-state index contributed by atoms with van der Waals surface area (Å²) in [6, 6.07) is 14.3. The summed E-state index contributed by atoms with van der Waals surface area (Å²) in [6.07, 6.45) is -0.295. The smallest absolute Gasteiger partial charge is 0.251 e. The van der Waals surface area contributed by atoms with Crippen LogP contribution in [0.1, 0.15) is 22.0 Å². The summed E-state index contributed by atoms with van der Waals surface area (Å²) in [6.45, 7) is 0.338. The summed E-state index contributed by atoms with van der Waals surface area (Å²) in [5.74, 6) is 0.541. The largest absolute Gasteiger partial charge is 0.497 e. The van der Waals surface area contributed by atoms with Crippen molar-refractivity contribution < 1.29 is 14.3 Å². The van der Waals surface area contributed by atoms with Gasteiger partial charge in [-0.3, -0.25) is 4.79 Å². The molecule has 0 aliphatic rings. The molecule has 0 saturated heterocycles. The lowest BCUT2D eigenvalue weighted by Crippen LogP contribution is -2.29. The molecule has 0 saturated carbocycles. The quantitative estimate of drug-likeness (QED) is 0.887. The van der Waals surface area contributed by atoms with E-state index in [0.29, 0.717) is 22.9 Å². The van der Waals surface area contributed by atoms with Gasteiger partial charge in [-0.2, -0.15) is 0 Å². The lowest BCUT2D eigenvalue weighted by molar-refractivity contribution is 0.0828. The Balaban J connectivity index is 2.00. The van der Waals surface area contributed by atoms with Crippen molar-refractivity contribution in [2.75, 3.05) is 20.8 Å². The van der Waals surface area contributed by atoms with Crippen LogP contribution >= 0.6 is 11.6 Å². The van der Waals surface area contributed by atoms with Gasteiger partial charge in [-0.05, 0) is 30.3 Å². The molecule has 5 heteroatoms. The summed E-state index contributed by atoms with van der Waals surface area (Å²) in [4.78, 5) is 12.1. The first kappa shape index (κ1) is 16.3. The minimum Gasteiger partial charge on any atom is -0.497 e. The molecule has 2 aromatic rings. The zero-order valence-electron chi connectivity index (χ0n) is 12.5. The molecule has 1 atom stereocenters. The maximum absolute atomic E-state index is 12.1. The van der Waals surface area contributed by atoms with Gasteiger partial charge in [0.05, 0.1) is 7.11 Å². The van der Waals surface area contributed by atoms with Gasteiger partial charge in [-0.1, -0.05) is 29.8 Å². The Hall–Kier alpha value is -2.04. The van der Waals surface area contributed by atoms with Gasteiger partial charge in [0.15, 0.2) is 0 Å². The number of methoxy groups -OCH3 is 2. The molecule has 0 unspecified atom stereocenters. The third-order valence-electron chi connectivity index (χ3n) is 3.34. The van der Waals surface area contributed by atoms with Crippen molar-refractivity contribution in [2.24, 2.45) is 0 Å². The van der Waals surface area contributed by atoms with Crippen LogP contribution < -0.4 is 10.1 Å². The zero-order chi connectivity index (χ0) is 15.9. The molecule has 2 rings (SSSR count). The second-order valence-electron chi connectivity index (χ2n) is 4.68. The molecule has 0 spiro atoms. The Morgan fingerprint density at radius 2 is 1.82 bits per heavy atom. The Labute approximate surface area is 135 Å². The highest BCUT2D eigenvalue weighted by atomic mass is 35.5. The number of halogens is 1. The highest BCUT2D eigenvalue weighted by Crippen LogP contribution is 2.24. The van der Waals surface area contributed by atoms with E-state index >= 15 is 0 Å². The van der Waals surface area contributed by atoms with Gasteiger partial charge in [0, 0.05) is 29.8 Å². The molecule has 1 amide bonds. The van der Waals surface area contributed by atoms with Crippen LogP contribution in [0.2, 0.25) is 5.02 Å². The molecule has 4 nitrogen and oxygen atoms in total. The number of ether oxygens (including phenoxy) is 2. The summed E-state index contributed by atoms with van der Waals surface area (Å²) in [7, 11) is 3.18. The van der Waals surface area contributed by atoms with Crippen LogP contribution in [0.15, 0.2) is 48.5 Å². The molecule has 0 radical (unpaired) electrons. The Morgan fingerprint density at radius 1 is 1.14 bits per heavy atom. The van der Waals surface area contributed by atoms with E-state index in [1.807, 2.05) is 18.2 Å². The number of hydrogen-bond acceptors (Lipinski definition) is 3. The molecule has 0 fully saturated rings. The number of amides is 1. The number of carbonyl (C=O) groups is 1. The topological polar surface area (TPSA) is 47.6 Å². The van der Waals surface area contributed by atoms with E-state index in [9.17, 15) is 4.79 Å². The predicted molar refractivity (Wildman–Crippen MR) is 86.5 cm³/mol. The molecule has 2 aromatic carbocycles. The molecular weight excluding hydrogens is 302 g/mol. The zero-order valence-corrected chi connectivity index (χ0v) is 13.3. The van der Waals surface area contributed by atoms with E-state index in [2.05, 4.69) is 5.32 Å². The minimum absolute atomic E-state index is 0.170. The fourth-order valence-electron chi connectivity index (χ4n) is 2.09. The van der Waals surface area contributed by atoms with Crippen molar-refractivity contribution in [3.63, 3.8) is 0 Å². The van der Waals surface area contributed by atoms with Gasteiger partial charge in [0.1, 0.15) is 11.9 Å². The normalized spacial score (nSPS) is 11.8. The maximum Gasteiger partial charge on any atom is 0.251 e. The van der Waals surface area contributed by atoms with Gasteiger partial charge < -0.3 is 14.8 Å². The van der Waals surface area contributed by atoms with Crippen molar-refractivity contribution in [3.8, 4) is 5.75 Å². The molecule has 0 aromatic heterocycles. The fraction of sp³-hybridized carbons (Fsp3) is 0.235. The van der Waals surface area contributed by atoms with Gasteiger partial charge >= 0.3 is 0 Å². The molecule has 0 aliphatic carbocycles. The van der Waals surface area contributed by atoms with E-state index in [1.54, 1.807) is 44.6 Å². The Morgan fingerprint density at radius 3 is 2.41 bits per heavy atom. The number of rotatable bonds is 6. The Bertz CT molecular complexity index is 628. The first-order valence-electron chi connectivity index (χ1n) is 6.85. The molecule has 1 N–H and O–H groups in total. The second-order valence-corrected chi connectivity index (χ2v) is 5.09. The van der Waals surface area contributed by atoms with Crippen LogP contribution in [-0.2, 0) is 4.74 Å². The number of nitrogens with one attached hydrogen (secondary N) is 1. The van der Waals surface area contributed by atoms with Gasteiger partial charge in [-0.25, -0.2) is 0 Å². The summed E-state index contributed by atoms with van der Waals surface area (Å²) in [5.41, 5.74) is 1.41. The lowest BCUT2D eigenvalue weighted by Gasteiger charge is -2.17. The highest BCUT2D eigenvalue weighted by molar-refractivity contribution is 6.31. The monoisotopic (exact) mass is 319 g/mol. The second kappa shape index (κ2) is 7.82. The highest BCUT2D eigenvalue weighted by Gasteiger charge is 2.15. The van der Waals surface area contributed by atoms with E-state index in [1.165, 1.54) is 0 Å². The van der Waals surface area contributed by atoms with Crippen molar-refractivity contribution in [1.82, 2.24) is 5.32 Å². The number of carbonyl (C=O) groups excluding carboxylic acids is 1. The molecule has 116 valence electrons. The molecular formula is C17H18ClNO3. The van der Waals surface area contributed by atoms with E-state index in [-0.39, 0.29) is 12.0 Å². The van der Waals surface area contributed by atoms with E-state index in [4.69, 9.17) is 21.1 Å². The third-order valence-corrected chi connectivity index (χ3v) is 3.68. The average molecular weight is 320 g/mol. The molecule has 0 heterocycles. The maximum atomic E-state index is 12.1. The van der Waals surface area contributed by atoms with Gasteiger partial charge in [0.2, 0.25) is 0 Å². The SMILES string of the molecule is COc1ccc(C(=O)NC[C@H](OC)c2ccccc2Cl)cc1. The molecule has 0 aliphatic heterocycles. The lowest BCUT2D eigenvalue weighted by atomic mass is 10.1. The fourth-order valence-corrected chi connectivity index (χ4v) is 2.34. The minimum atomic E-state index is -0.295. The van der Waals surface area contributed by atoms with Crippen LogP contribution in [0.3, 0.4) is 0 Å². The van der Waals surface area contributed by atoms with Gasteiger partial charge in [-0.15, -0.1) is 0 Å². The first-order valence-corrected chi connectivity index (χ1v) is 7.23. The number of hydrogen-bond donors (Lipinski definition) is 1. The first-order chi connectivity index (χ1) is 10.7. The summed E-state index contributed by atoms with van der Waals surface area (Å²) >= 11 is 6.16. The summed E-state index contributed by atoms with van der Waals surface area (Å²) < 4.78 is 10.5. The standard InChI is InChI=1S/C17H18ClNO3/c1-21-13-9-7-12(8-10-13)17(20)19-11-16(22-2)14-5-3-4-6-15(14)18/h3-10,16H,11H2,1-2H3,(H,19,20)/t16-/m0/s1. The van der Waals surface area contributed by atoms with Crippen LogP contribution in [0.25, 0.3) is 0 Å². The molecule has 0 bridgehead atoms. The van der Waals surface area contributed by atoms with Crippen molar-refractivity contribution >= 4 is 17.5 Å². The van der Waals surface area contributed by atoms with Crippen LogP contribution in [0, 0.1) is 0 Å². The van der Waals surface area contributed by atoms with Crippen molar-refractivity contribution in [3.05, 3.63) is 64.7 Å². The van der Waals surface area contributed by atoms with Gasteiger partial charge in [0.25, 0.3) is 5.91 Å². The van der Waals surface area contributed by atoms with Crippen molar-refractivity contribution in [1.29, 1.82) is 0 Å². The van der Waals surface area contributed by atoms with Crippen LogP contribution in [-0.4, -0.2) is 26.7 Å². The van der Waals surface area contributed by atoms with Crippen molar-refractivity contribution in [2.45, 2.75) is 6.10 Å². The predicted octanol–water partition coefficient (Wildman–Crippen LogP) is 3.47. The summed E-state index contributed by atoms with van der Waals surface area (Å²) in [5, 5.41) is 3.47. The van der Waals surface area contributed by atoms with Crippen LogP contribution in [0.5, 0.6) is 5.75 Å². The third kappa shape index (κ3) is 4.00. The Kier molecular flexibility index (Phi) is 5.81.